The summed E-state index contributed by atoms with van der Waals surface area (Å²) < 4.78 is 30.0. The lowest BCUT2D eigenvalue weighted by molar-refractivity contribution is -0.0545. The molecule has 3 heterocycles. The van der Waals surface area contributed by atoms with Gasteiger partial charge in [-0.2, -0.15) is 0 Å². The maximum atomic E-state index is 12.3. The molecule has 2 aliphatic heterocycles. The molecule has 0 saturated carbocycles. The lowest BCUT2D eigenvalue weighted by atomic mass is 10.1. The first-order chi connectivity index (χ1) is 12.3. The van der Waals surface area contributed by atoms with Crippen molar-refractivity contribution >= 4 is 7.75 Å². The number of rotatable bonds is 5. The highest BCUT2D eigenvalue weighted by Gasteiger charge is 2.45. The van der Waals surface area contributed by atoms with Crippen LogP contribution in [0.4, 0.5) is 0 Å². The molecule has 2 aliphatic rings. The van der Waals surface area contributed by atoms with Gasteiger partial charge in [0.15, 0.2) is 6.23 Å². The molecule has 2 saturated heterocycles. The Morgan fingerprint density at radius 1 is 1.27 bits per heavy atom. The quantitative estimate of drug-likeness (QED) is 0.397. The molecule has 0 aliphatic carbocycles. The smallest absolute Gasteiger partial charge is 0.387 e. The maximum Gasteiger partial charge on any atom is 0.405 e. The Morgan fingerprint density at radius 2 is 1.96 bits per heavy atom. The predicted molar refractivity (Wildman–Crippen MR) is 85.4 cm³/mol. The van der Waals surface area contributed by atoms with E-state index in [-0.39, 0.29) is 13.1 Å². The second kappa shape index (κ2) is 7.71. The molecular weight excluding hydrogens is 373 g/mol. The molecule has 5 atom stereocenters. The van der Waals surface area contributed by atoms with E-state index in [9.17, 15) is 29.3 Å². The van der Waals surface area contributed by atoms with Crippen LogP contribution in [0.5, 0.6) is 0 Å². The molecule has 0 bridgehead atoms. The number of nitrogens with one attached hydrogen (secondary N) is 1. The van der Waals surface area contributed by atoms with E-state index >= 15 is 0 Å². The molecule has 1 unspecified atom stereocenters. The summed E-state index contributed by atoms with van der Waals surface area (Å²) in [5.74, 6) is 0. The van der Waals surface area contributed by atoms with Crippen LogP contribution in [0.25, 0.3) is 0 Å². The number of aromatic amines is 1. The number of hydrogen-bond acceptors (Lipinski definition) is 8. The van der Waals surface area contributed by atoms with Gasteiger partial charge in [0.2, 0.25) is 0 Å². The molecule has 4 N–H and O–H groups in total. The first kappa shape index (κ1) is 19.4. The van der Waals surface area contributed by atoms with Gasteiger partial charge in [-0.15, -0.1) is 0 Å². The predicted octanol–water partition coefficient (Wildman–Crippen LogP) is -2.39. The number of aromatic nitrogens is 2. The van der Waals surface area contributed by atoms with Crippen LogP contribution >= 0.6 is 7.75 Å². The van der Waals surface area contributed by atoms with E-state index < -0.39 is 50.1 Å². The molecule has 0 amide bonds. The second-order valence-corrected chi connectivity index (χ2v) is 7.72. The van der Waals surface area contributed by atoms with Crippen LogP contribution in [0.15, 0.2) is 21.9 Å². The minimum atomic E-state index is -4.11. The Kier molecular flexibility index (Phi) is 5.75. The van der Waals surface area contributed by atoms with Gasteiger partial charge in [0.1, 0.15) is 18.3 Å². The zero-order valence-corrected chi connectivity index (χ0v) is 14.5. The van der Waals surface area contributed by atoms with Crippen molar-refractivity contribution < 1.29 is 33.7 Å². The van der Waals surface area contributed by atoms with Crippen LogP contribution in [0, 0.1) is 0 Å². The SMILES string of the molecule is O=c1ccn([C@@H]2O[C@H](COP(=O)(O)N3CCOCC3)[C@@H](O)[C@H]2O)c(=O)[nH]1. The minimum Gasteiger partial charge on any atom is -0.387 e. The van der Waals surface area contributed by atoms with Crippen LogP contribution in [0.1, 0.15) is 6.23 Å². The number of nitrogens with zero attached hydrogens (tertiary/aromatic N) is 2. The van der Waals surface area contributed by atoms with Crippen molar-refractivity contribution in [3.63, 3.8) is 0 Å². The Labute approximate surface area is 147 Å². The van der Waals surface area contributed by atoms with Crippen molar-refractivity contribution in [2.75, 3.05) is 32.9 Å². The summed E-state index contributed by atoms with van der Waals surface area (Å²) in [6.07, 6.45) is -4.24. The van der Waals surface area contributed by atoms with E-state index in [0.29, 0.717) is 13.2 Å². The summed E-state index contributed by atoms with van der Waals surface area (Å²) in [4.78, 5) is 35.0. The summed E-state index contributed by atoms with van der Waals surface area (Å²) in [6, 6.07) is 1.06. The van der Waals surface area contributed by atoms with Gasteiger partial charge >= 0.3 is 13.4 Å². The molecule has 2 fully saturated rings. The molecule has 146 valence electrons. The number of morpholine rings is 1. The second-order valence-electron chi connectivity index (χ2n) is 5.92. The lowest BCUT2D eigenvalue weighted by Gasteiger charge is -2.30. The highest BCUT2D eigenvalue weighted by atomic mass is 31.2. The topological polar surface area (TPSA) is 164 Å². The maximum absolute atomic E-state index is 12.3. The van der Waals surface area contributed by atoms with Crippen LogP contribution in [-0.2, 0) is 18.6 Å². The van der Waals surface area contributed by atoms with Gasteiger partial charge < -0.3 is 24.6 Å². The third-order valence-electron chi connectivity index (χ3n) is 4.21. The molecule has 0 aromatic carbocycles. The average molecular weight is 393 g/mol. The number of hydrogen-bond donors (Lipinski definition) is 4. The molecule has 12 nitrogen and oxygen atoms in total. The fraction of sp³-hybridized carbons (Fsp3) is 0.692. The van der Waals surface area contributed by atoms with Crippen molar-refractivity contribution in [2.24, 2.45) is 0 Å². The van der Waals surface area contributed by atoms with Crippen molar-refractivity contribution in [3.05, 3.63) is 33.1 Å². The Hall–Kier alpha value is -1.37. The molecule has 26 heavy (non-hydrogen) atoms. The Bertz CT molecular complexity index is 790. The van der Waals surface area contributed by atoms with Gasteiger partial charge in [-0.05, 0) is 0 Å². The van der Waals surface area contributed by atoms with Gasteiger partial charge in [-0.25, -0.2) is 14.0 Å². The van der Waals surface area contributed by atoms with E-state index in [1.807, 2.05) is 4.98 Å². The standard InChI is InChI=1S/C13H20N3O9P/c17-9-1-2-16(13(20)14-9)12-11(19)10(18)8(25-12)7-24-26(21,22)15-3-5-23-6-4-15/h1-2,8,10-12,18-19H,3-7H2,(H,21,22)(H,14,17,20)/t8-,10-,11-,12-/m1/s1. The van der Waals surface area contributed by atoms with Crippen LogP contribution in [0.3, 0.4) is 0 Å². The van der Waals surface area contributed by atoms with Gasteiger partial charge in [0.05, 0.1) is 19.8 Å². The third kappa shape index (κ3) is 3.97. The Balaban J connectivity index is 1.67. The van der Waals surface area contributed by atoms with Gasteiger partial charge in [0.25, 0.3) is 5.56 Å². The molecule has 1 aromatic rings. The van der Waals surface area contributed by atoms with E-state index in [1.54, 1.807) is 0 Å². The van der Waals surface area contributed by atoms with E-state index in [0.717, 1.165) is 16.8 Å². The first-order valence-corrected chi connectivity index (χ1v) is 9.46. The molecule has 1 aromatic heterocycles. The van der Waals surface area contributed by atoms with Crippen molar-refractivity contribution in [3.8, 4) is 0 Å². The normalized spacial score (nSPS) is 32.4. The molecule has 0 spiro atoms. The zero-order chi connectivity index (χ0) is 18.9. The number of H-pyrrole nitrogens is 1. The Morgan fingerprint density at radius 3 is 2.62 bits per heavy atom. The molecular formula is C13H20N3O9P. The summed E-state index contributed by atoms with van der Waals surface area (Å²) >= 11 is 0. The monoisotopic (exact) mass is 393 g/mol. The van der Waals surface area contributed by atoms with E-state index in [2.05, 4.69) is 0 Å². The summed E-state index contributed by atoms with van der Waals surface area (Å²) in [6.45, 7) is 0.566. The number of ether oxygens (including phenoxy) is 2. The highest BCUT2D eigenvalue weighted by Crippen LogP contribution is 2.47. The van der Waals surface area contributed by atoms with Crippen molar-refractivity contribution in [1.82, 2.24) is 14.2 Å². The first-order valence-electron chi connectivity index (χ1n) is 7.93. The molecule has 3 rings (SSSR count). The largest absolute Gasteiger partial charge is 0.405 e. The fourth-order valence-corrected chi connectivity index (χ4v) is 3.96. The van der Waals surface area contributed by atoms with Gasteiger partial charge in [0, 0.05) is 25.4 Å². The molecule has 13 heteroatoms. The third-order valence-corrected chi connectivity index (χ3v) is 5.81. The summed E-state index contributed by atoms with van der Waals surface area (Å²) in [7, 11) is -4.11. The van der Waals surface area contributed by atoms with Crippen LogP contribution in [0.2, 0.25) is 0 Å². The minimum absolute atomic E-state index is 0.222. The average Bonchev–Trinajstić information content (AvgIpc) is 2.89. The summed E-state index contributed by atoms with van der Waals surface area (Å²) in [5.41, 5.74) is -1.44. The van der Waals surface area contributed by atoms with Crippen molar-refractivity contribution in [2.45, 2.75) is 24.5 Å². The summed E-state index contributed by atoms with van der Waals surface area (Å²) in [5, 5.41) is 20.2. The van der Waals surface area contributed by atoms with Crippen LogP contribution < -0.4 is 11.2 Å². The van der Waals surface area contributed by atoms with Gasteiger partial charge in [-0.3, -0.25) is 18.9 Å². The zero-order valence-electron chi connectivity index (χ0n) is 13.6. The fourth-order valence-electron chi connectivity index (χ4n) is 2.78. The van der Waals surface area contributed by atoms with Crippen molar-refractivity contribution in [1.29, 1.82) is 0 Å². The van der Waals surface area contributed by atoms with E-state index in [1.165, 1.54) is 4.67 Å². The van der Waals surface area contributed by atoms with E-state index in [4.69, 9.17) is 14.0 Å². The number of aliphatic hydroxyl groups is 2. The highest BCUT2D eigenvalue weighted by molar-refractivity contribution is 7.50. The molecule has 0 radical (unpaired) electrons. The van der Waals surface area contributed by atoms with Crippen LogP contribution in [-0.4, -0.2) is 80.6 Å². The lowest BCUT2D eigenvalue weighted by Crippen LogP contribution is -2.38. The van der Waals surface area contributed by atoms with Gasteiger partial charge in [-0.1, -0.05) is 0 Å². The number of aliphatic hydroxyl groups excluding tert-OH is 2.